The van der Waals surface area contributed by atoms with Gasteiger partial charge in [0.05, 0.1) is 4.92 Å². The van der Waals surface area contributed by atoms with Gasteiger partial charge < -0.3 is 15.2 Å². The molecule has 3 unspecified atom stereocenters. The predicted octanol–water partition coefficient (Wildman–Crippen LogP) is 1.40. The first-order valence-electron chi connectivity index (χ1n) is 5.73. The molecule has 2 N–H and O–H groups in total. The minimum absolute atomic E-state index is 0.00152. The van der Waals surface area contributed by atoms with Crippen LogP contribution in [0.15, 0.2) is 18.2 Å². The van der Waals surface area contributed by atoms with Gasteiger partial charge in [0.1, 0.15) is 18.0 Å². The molecule has 0 amide bonds. The van der Waals surface area contributed by atoms with Crippen LogP contribution in [0.3, 0.4) is 0 Å². The van der Waals surface area contributed by atoms with E-state index in [9.17, 15) is 10.1 Å². The summed E-state index contributed by atoms with van der Waals surface area (Å²) in [5.74, 6) is 0.638. The number of benzene rings is 1. The van der Waals surface area contributed by atoms with E-state index >= 15 is 0 Å². The van der Waals surface area contributed by atoms with E-state index in [0.29, 0.717) is 5.75 Å². The number of ether oxygens (including phenoxy) is 2. The lowest BCUT2D eigenvalue weighted by molar-refractivity contribution is -0.384. The summed E-state index contributed by atoms with van der Waals surface area (Å²) in [5, 5.41) is 10.6. The zero-order chi connectivity index (χ0) is 13.3. The van der Waals surface area contributed by atoms with Crippen molar-refractivity contribution >= 4 is 5.69 Å². The molecular formula is C12H16N2O4. The van der Waals surface area contributed by atoms with Crippen LogP contribution in [0, 0.1) is 17.0 Å². The van der Waals surface area contributed by atoms with E-state index in [1.165, 1.54) is 12.1 Å². The second-order valence-corrected chi connectivity index (χ2v) is 4.46. The van der Waals surface area contributed by atoms with Crippen LogP contribution in [0.4, 0.5) is 5.69 Å². The fourth-order valence-electron chi connectivity index (χ4n) is 2.10. The Bertz CT molecular complexity index is 463. The van der Waals surface area contributed by atoms with E-state index in [0.717, 1.165) is 12.0 Å². The number of nitro groups is 1. The lowest BCUT2D eigenvalue weighted by Gasteiger charge is -2.41. The number of nitro benzene ring substituents is 1. The normalized spacial score (nSPS) is 26.5. The topological polar surface area (TPSA) is 87.6 Å². The van der Waals surface area contributed by atoms with Crippen molar-refractivity contribution in [2.75, 3.05) is 7.11 Å². The van der Waals surface area contributed by atoms with Crippen molar-refractivity contribution in [1.29, 1.82) is 0 Å². The van der Waals surface area contributed by atoms with E-state index in [4.69, 9.17) is 15.2 Å². The molecule has 6 heteroatoms. The fraction of sp³-hybridized carbons (Fsp3) is 0.500. The number of nitrogens with two attached hydrogens (primary N) is 1. The Balaban J connectivity index is 2.09. The average Bonchev–Trinajstić information content (AvgIpc) is 2.30. The van der Waals surface area contributed by atoms with Gasteiger partial charge in [0.25, 0.3) is 5.69 Å². The van der Waals surface area contributed by atoms with E-state index in [1.807, 2.05) is 0 Å². The smallest absolute Gasteiger partial charge is 0.269 e. The van der Waals surface area contributed by atoms with Crippen LogP contribution >= 0.6 is 0 Å². The van der Waals surface area contributed by atoms with Crippen LogP contribution in [0.25, 0.3) is 0 Å². The van der Waals surface area contributed by atoms with E-state index in [-0.39, 0.29) is 23.9 Å². The molecule has 1 aromatic carbocycles. The van der Waals surface area contributed by atoms with Crippen LogP contribution in [-0.4, -0.2) is 30.3 Å². The standard InChI is InChI=1S/C12H16N2O4/c1-7-5-8(14(15)16)3-4-10(7)18-11-6-9(13)12(11)17-2/h3-5,9,11-12H,6,13H2,1-2H3. The maximum atomic E-state index is 10.6. The van der Waals surface area contributed by atoms with Crippen molar-refractivity contribution in [3.05, 3.63) is 33.9 Å². The molecule has 0 aromatic heterocycles. The van der Waals surface area contributed by atoms with Gasteiger partial charge in [-0.05, 0) is 18.6 Å². The minimum atomic E-state index is -0.423. The summed E-state index contributed by atoms with van der Waals surface area (Å²) in [6, 6.07) is 4.54. The Morgan fingerprint density at radius 1 is 1.50 bits per heavy atom. The SMILES string of the molecule is COC1C(N)CC1Oc1ccc([N+](=O)[O-])cc1C. The van der Waals surface area contributed by atoms with Crippen molar-refractivity contribution in [2.24, 2.45) is 5.73 Å². The number of hydrogen-bond acceptors (Lipinski definition) is 5. The summed E-state index contributed by atoms with van der Waals surface area (Å²) >= 11 is 0. The highest BCUT2D eigenvalue weighted by atomic mass is 16.6. The van der Waals surface area contributed by atoms with Crippen LogP contribution in [0.5, 0.6) is 5.75 Å². The third-order valence-electron chi connectivity index (χ3n) is 3.21. The quantitative estimate of drug-likeness (QED) is 0.646. The van der Waals surface area contributed by atoms with E-state index in [2.05, 4.69) is 0 Å². The molecule has 1 aromatic rings. The number of aryl methyl sites for hydroxylation is 1. The molecule has 2 rings (SSSR count). The Kier molecular flexibility index (Phi) is 3.49. The first kappa shape index (κ1) is 12.8. The molecule has 3 atom stereocenters. The third-order valence-corrected chi connectivity index (χ3v) is 3.21. The average molecular weight is 252 g/mol. The molecule has 6 nitrogen and oxygen atoms in total. The van der Waals surface area contributed by atoms with Crippen molar-refractivity contribution in [1.82, 2.24) is 0 Å². The molecule has 0 heterocycles. The number of rotatable bonds is 4. The van der Waals surface area contributed by atoms with Gasteiger partial charge in [0.2, 0.25) is 0 Å². The number of nitrogens with zero attached hydrogens (tertiary/aromatic N) is 1. The fourth-order valence-corrected chi connectivity index (χ4v) is 2.10. The van der Waals surface area contributed by atoms with Gasteiger partial charge in [-0.25, -0.2) is 0 Å². The highest BCUT2D eigenvalue weighted by molar-refractivity contribution is 5.43. The largest absolute Gasteiger partial charge is 0.487 e. The zero-order valence-electron chi connectivity index (χ0n) is 10.3. The summed E-state index contributed by atoms with van der Waals surface area (Å²) in [6.07, 6.45) is 0.541. The summed E-state index contributed by atoms with van der Waals surface area (Å²) < 4.78 is 11.0. The molecule has 0 saturated heterocycles. The Hall–Kier alpha value is -1.66. The molecule has 1 aliphatic carbocycles. The molecule has 0 radical (unpaired) electrons. The van der Waals surface area contributed by atoms with Crippen molar-refractivity contribution < 1.29 is 14.4 Å². The zero-order valence-corrected chi connectivity index (χ0v) is 10.3. The van der Waals surface area contributed by atoms with Gasteiger partial charge in [-0.1, -0.05) is 0 Å². The second-order valence-electron chi connectivity index (χ2n) is 4.46. The number of methoxy groups -OCH3 is 1. The van der Waals surface area contributed by atoms with E-state index < -0.39 is 4.92 Å². The molecule has 0 aliphatic heterocycles. The molecule has 1 aliphatic rings. The lowest BCUT2D eigenvalue weighted by Crippen LogP contribution is -2.59. The van der Waals surface area contributed by atoms with Gasteiger partial charge >= 0.3 is 0 Å². The highest BCUT2D eigenvalue weighted by Gasteiger charge is 2.41. The summed E-state index contributed by atoms with van der Waals surface area (Å²) in [5.41, 5.74) is 6.58. The first-order chi connectivity index (χ1) is 8.52. The van der Waals surface area contributed by atoms with Gasteiger partial charge in [-0.2, -0.15) is 0 Å². The summed E-state index contributed by atoms with van der Waals surface area (Å²) in [7, 11) is 1.60. The molecule has 0 bridgehead atoms. The van der Waals surface area contributed by atoms with Gasteiger partial charge in [0.15, 0.2) is 0 Å². The van der Waals surface area contributed by atoms with Gasteiger partial charge in [-0.15, -0.1) is 0 Å². The predicted molar refractivity (Wildman–Crippen MR) is 65.6 cm³/mol. The monoisotopic (exact) mass is 252 g/mol. The van der Waals surface area contributed by atoms with Crippen molar-refractivity contribution in [3.8, 4) is 5.75 Å². The maximum Gasteiger partial charge on any atom is 0.269 e. The van der Waals surface area contributed by atoms with Crippen LogP contribution in [-0.2, 0) is 4.74 Å². The molecule has 0 spiro atoms. The van der Waals surface area contributed by atoms with Gasteiger partial charge in [-0.3, -0.25) is 10.1 Å². The van der Waals surface area contributed by atoms with Crippen molar-refractivity contribution in [3.63, 3.8) is 0 Å². The Morgan fingerprint density at radius 2 is 2.22 bits per heavy atom. The highest BCUT2D eigenvalue weighted by Crippen LogP contribution is 2.30. The molecular weight excluding hydrogens is 236 g/mol. The molecule has 1 saturated carbocycles. The molecule has 1 fully saturated rings. The van der Waals surface area contributed by atoms with Crippen LogP contribution < -0.4 is 10.5 Å². The minimum Gasteiger partial charge on any atom is -0.487 e. The lowest BCUT2D eigenvalue weighted by atomic mass is 9.86. The maximum absolute atomic E-state index is 10.6. The first-order valence-corrected chi connectivity index (χ1v) is 5.73. The number of hydrogen-bond donors (Lipinski definition) is 1. The summed E-state index contributed by atoms with van der Waals surface area (Å²) in [4.78, 5) is 10.2. The number of non-ortho nitro benzene ring substituents is 1. The summed E-state index contributed by atoms with van der Waals surface area (Å²) in [6.45, 7) is 1.78. The third kappa shape index (κ3) is 2.30. The van der Waals surface area contributed by atoms with E-state index in [1.54, 1.807) is 20.1 Å². The Labute approximate surface area is 105 Å². The van der Waals surface area contributed by atoms with Crippen molar-refractivity contribution in [2.45, 2.75) is 31.6 Å². The second kappa shape index (κ2) is 4.91. The van der Waals surface area contributed by atoms with Gasteiger partial charge in [0, 0.05) is 31.7 Å². The van der Waals surface area contributed by atoms with Crippen LogP contribution in [0.1, 0.15) is 12.0 Å². The molecule has 98 valence electrons. The molecule has 18 heavy (non-hydrogen) atoms. The Morgan fingerprint density at radius 3 is 2.72 bits per heavy atom. The van der Waals surface area contributed by atoms with Crippen LogP contribution in [0.2, 0.25) is 0 Å².